The first-order chi connectivity index (χ1) is 16.0. The largest absolute Gasteiger partial charge is 0.441 e. The van der Waals surface area contributed by atoms with Crippen LogP contribution in [0.3, 0.4) is 0 Å². The molecule has 172 valence electrons. The highest BCUT2D eigenvalue weighted by molar-refractivity contribution is 7.80. The average molecular weight is 463 g/mol. The quantitative estimate of drug-likeness (QED) is 0.316. The van der Waals surface area contributed by atoms with Crippen molar-refractivity contribution in [2.45, 2.75) is 50.7 Å². The lowest BCUT2D eigenvalue weighted by atomic mass is 10.0. The van der Waals surface area contributed by atoms with E-state index in [1.807, 2.05) is 42.5 Å². The minimum absolute atomic E-state index is 0.216. The van der Waals surface area contributed by atoms with Crippen molar-refractivity contribution in [1.29, 1.82) is 0 Å². The molecule has 6 heteroatoms. The average Bonchev–Trinajstić information content (AvgIpc) is 2.84. The number of carbonyl (C=O) groups is 2. The van der Waals surface area contributed by atoms with E-state index in [1.165, 1.54) is 5.56 Å². The van der Waals surface area contributed by atoms with Gasteiger partial charge in [-0.25, -0.2) is 4.79 Å². The Labute approximate surface area is 201 Å². The van der Waals surface area contributed by atoms with Crippen LogP contribution in [0.1, 0.15) is 59.8 Å². The molecule has 0 spiro atoms. The van der Waals surface area contributed by atoms with Crippen LogP contribution < -0.4 is 10.6 Å². The highest BCUT2D eigenvalue weighted by Gasteiger charge is 2.16. The van der Waals surface area contributed by atoms with Gasteiger partial charge in [0.1, 0.15) is 6.10 Å². The molecule has 3 aromatic carbocycles. The van der Waals surface area contributed by atoms with Crippen LogP contribution in [0.4, 0.5) is 10.5 Å². The minimum Gasteiger partial charge on any atom is -0.441 e. The fourth-order valence-electron chi connectivity index (χ4n) is 3.42. The lowest BCUT2D eigenvalue weighted by molar-refractivity contribution is 0.0915. The number of para-hydroxylation sites is 1. The van der Waals surface area contributed by atoms with E-state index in [0.717, 1.165) is 30.4 Å². The van der Waals surface area contributed by atoms with E-state index >= 15 is 0 Å². The van der Waals surface area contributed by atoms with Crippen molar-refractivity contribution in [3.63, 3.8) is 0 Å². The van der Waals surface area contributed by atoms with Gasteiger partial charge in [0.2, 0.25) is 0 Å². The number of rotatable bonds is 9. The summed E-state index contributed by atoms with van der Waals surface area (Å²) in [5.74, 6) is -0.216. The molecule has 0 fully saturated rings. The molecule has 5 nitrogen and oxygen atoms in total. The number of thiol groups is 1. The Bertz CT molecular complexity index is 1070. The van der Waals surface area contributed by atoms with Gasteiger partial charge in [-0.2, -0.15) is 0 Å². The van der Waals surface area contributed by atoms with Crippen LogP contribution in [0.2, 0.25) is 0 Å². The topological polar surface area (TPSA) is 67.4 Å². The Hall–Kier alpha value is -3.25. The van der Waals surface area contributed by atoms with Crippen molar-refractivity contribution in [2.75, 3.05) is 5.32 Å². The van der Waals surface area contributed by atoms with Crippen molar-refractivity contribution < 1.29 is 14.3 Å². The van der Waals surface area contributed by atoms with Crippen molar-refractivity contribution >= 4 is 30.3 Å². The molecule has 33 heavy (non-hydrogen) atoms. The van der Waals surface area contributed by atoms with Crippen molar-refractivity contribution in [3.05, 3.63) is 95.1 Å². The normalized spacial score (nSPS) is 11.5. The zero-order valence-corrected chi connectivity index (χ0v) is 19.9. The third kappa shape index (κ3) is 7.12. The third-order valence-corrected chi connectivity index (χ3v) is 5.76. The van der Waals surface area contributed by atoms with Gasteiger partial charge in [0.05, 0.1) is 5.69 Å². The molecule has 0 radical (unpaired) electrons. The molecule has 0 bridgehead atoms. The monoisotopic (exact) mass is 462 g/mol. The molecule has 0 aromatic heterocycles. The number of benzene rings is 3. The Morgan fingerprint density at radius 2 is 1.58 bits per heavy atom. The van der Waals surface area contributed by atoms with Crippen LogP contribution >= 0.6 is 12.6 Å². The Morgan fingerprint density at radius 3 is 2.21 bits per heavy atom. The minimum atomic E-state index is -0.458. The maximum atomic E-state index is 12.5. The fraction of sp³-hybridized carbons (Fsp3) is 0.259. The van der Waals surface area contributed by atoms with Gasteiger partial charge >= 0.3 is 6.09 Å². The summed E-state index contributed by atoms with van der Waals surface area (Å²) in [6, 6.07) is 22.6. The van der Waals surface area contributed by atoms with Gasteiger partial charge < -0.3 is 15.4 Å². The van der Waals surface area contributed by atoms with Crippen molar-refractivity contribution in [1.82, 2.24) is 5.32 Å². The van der Waals surface area contributed by atoms with Gasteiger partial charge in [-0.05, 0) is 53.8 Å². The molecule has 0 heterocycles. The lowest BCUT2D eigenvalue weighted by Gasteiger charge is -2.18. The van der Waals surface area contributed by atoms with E-state index < -0.39 is 6.09 Å². The molecule has 2 amide bonds. The van der Waals surface area contributed by atoms with E-state index in [0.29, 0.717) is 22.7 Å². The van der Waals surface area contributed by atoms with Crippen LogP contribution in [0.15, 0.2) is 77.7 Å². The molecule has 3 rings (SSSR count). The number of ether oxygens (including phenoxy) is 1. The summed E-state index contributed by atoms with van der Waals surface area (Å²) in [6.07, 6.45) is 1.91. The second-order valence-corrected chi connectivity index (χ2v) is 8.28. The number of carbonyl (C=O) groups excluding carboxylic acids is 2. The van der Waals surface area contributed by atoms with E-state index in [9.17, 15) is 9.59 Å². The molecule has 0 aliphatic rings. The summed E-state index contributed by atoms with van der Waals surface area (Å²) in [5, 5.41) is 5.65. The highest BCUT2D eigenvalue weighted by atomic mass is 32.1. The second kappa shape index (κ2) is 12.1. The van der Waals surface area contributed by atoms with Crippen LogP contribution in [0, 0.1) is 0 Å². The predicted molar refractivity (Wildman–Crippen MR) is 135 cm³/mol. The molecule has 0 unspecified atom stereocenters. The predicted octanol–water partition coefficient (Wildman–Crippen LogP) is 6.56. The Balaban J connectivity index is 1.53. The zero-order valence-electron chi connectivity index (χ0n) is 19.0. The molecule has 1 atom stereocenters. The lowest BCUT2D eigenvalue weighted by Crippen LogP contribution is -2.25. The van der Waals surface area contributed by atoms with Gasteiger partial charge in [0.25, 0.3) is 5.91 Å². The summed E-state index contributed by atoms with van der Waals surface area (Å²) < 4.78 is 5.69. The maximum Gasteiger partial charge on any atom is 0.408 e. The molecule has 0 aliphatic carbocycles. The summed E-state index contributed by atoms with van der Waals surface area (Å²) in [4.78, 5) is 25.6. The molecule has 0 aliphatic heterocycles. The smallest absolute Gasteiger partial charge is 0.408 e. The number of amides is 2. The van der Waals surface area contributed by atoms with Crippen molar-refractivity contribution in [2.24, 2.45) is 0 Å². The fourth-order valence-corrected chi connectivity index (χ4v) is 3.63. The highest BCUT2D eigenvalue weighted by Crippen LogP contribution is 2.24. The number of anilines is 1. The standard InChI is InChI=1S/C27H30N2O3S/c1-3-7-24(21-14-10-19(4-2)11-15-21)32-27(31)28-18-20-12-16-22(17-13-20)26(30)29-23-8-5-6-9-25(23)33/h5-6,8-17,24,33H,3-4,7,18H2,1-2H3,(H,28,31)(H,29,30)/t24-/m1/s1. The van der Waals surface area contributed by atoms with Crippen LogP contribution in [-0.4, -0.2) is 12.0 Å². The van der Waals surface area contributed by atoms with E-state index in [4.69, 9.17) is 4.74 Å². The second-order valence-electron chi connectivity index (χ2n) is 7.80. The van der Waals surface area contributed by atoms with Gasteiger partial charge in [-0.15, -0.1) is 12.6 Å². The maximum absolute atomic E-state index is 12.5. The zero-order chi connectivity index (χ0) is 23.6. The van der Waals surface area contributed by atoms with Crippen molar-refractivity contribution in [3.8, 4) is 0 Å². The van der Waals surface area contributed by atoms with Gasteiger partial charge in [0, 0.05) is 17.0 Å². The molecule has 0 saturated heterocycles. The number of aryl methyl sites for hydroxylation is 1. The van der Waals surface area contributed by atoms with Crippen LogP contribution in [0.5, 0.6) is 0 Å². The molecule has 2 N–H and O–H groups in total. The van der Waals surface area contributed by atoms with Gasteiger partial charge in [-0.1, -0.05) is 68.8 Å². The molecule has 3 aromatic rings. The van der Waals surface area contributed by atoms with E-state index in [2.05, 4.69) is 49.2 Å². The molecule has 0 saturated carbocycles. The third-order valence-electron chi connectivity index (χ3n) is 5.37. The summed E-state index contributed by atoms with van der Waals surface area (Å²) in [6.45, 7) is 4.50. The summed E-state index contributed by atoms with van der Waals surface area (Å²) in [7, 11) is 0. The first-order valence-corrected chi connectivity index (χ1v) is 11.7. The van der Waals surface area contributed by atoms with Gasteiger partial charge in [-0.3, -0.25) is 4.79 Å². The van der Waals surface area contributed by atoms with E-state index in [-0.39, 0.29) is 12.0 Å². The molecular formula is C27H30N2O3S. The van der Waals surface area contributed by atoms with Crippen LogP contribution in [0.25, 0.3) is 0 Å². The summed E-state index contributed by atoms with van der Waals surface area (Å²) in [5.41, 5.74) is 4.31. The van der Waals surface area contributed by atoms with E-state index in [1.54, 1.807) is 18.2 Å². The molecular weight excluding hydrogens is 432 g/mol. The summed E-state index contributed by atoms with van der Waals surface area (Å²) >= 11 is 4.35. The number of alkyl carbamates (subject to hydrolysis) is 1. The number of nitrogens with one attached hydrogen (secondary N) is 2. The SMILES string of the molecule is CCC[C@@H](OC(=O)NCc1ccc(C(=O)Nc2ccccc2S)cc1)c1ccc(CC)cc1. The van der Waals surface area contributed by atoms with Gasteiger partial charge in [0.15, 0.2) is 0 Å². The number of hydrogen-bond donors (Lipinski definition) is 3. The number of hydrogen-bond acceptors (Lipinski definition) is 4. The Kier molecular flexibility index (Phi) is 8.95. The first-order valence-electron chi connectivity index (χ1n) is 11.2. The first kappa shape index (κ1) is 24.4. The van der Waals surface area contributed by atoms with Crippen LogP contribution in [-0.2, 0) is 17.7 Å². The Morgan fingerprint density at radius 1 is 0.909 bits per heavy atom.